The van der Waals surface area contributed by atoms with Gasteiger partial charge in [0.15, 0.2) is 0 Å². The van der Waals surface area contributed by atoms with Gasteiger partial charge >= 0.3 is 0 Å². The van der Waals surface area contributed by atoms with Crippen molar-refractivity contribution in [1.29, 1.82) is 0 Å². The minimum Gasteiger partial charge on any atom is -0.356 e. The van der Waals surface area contributed by atoms with Crippen LogP contribution in [0.4, 0.5) is 0 Å². The lowest BCUT2D eigenvalue weighted by atomic mass is 10.1. The van der Waals surface area contributed by atoms with Crippen molar-refractivity contribution < 1.29 is 4.79 Å². The molecular formula is C13H21ClN2O. The third-order valence-electron chi connectivity index (χ3n) is 2.43. The zero-order chi connectivity index (χ0) is 11.8. The van der Waals surface area contributed by atoms with Crippen LogP contribution in [-0.4, -0.2) is 19.0 Å². The van der Waals surface area contributed by atoms with Crippen molar-refractivity contribution in [2.75, 3.05) is 13.1 Å². The molecule has 0 aliphatic rings. The summed E-state index contributed by atoms with van der Waals surface area (Å²) in [5.41, 5.74) is 7.80. The Morgan fingerprint density at radius 3 is 2.82 bits per heavy atom. The molecule has 1 aromatic carbocycles. The lowest BCUT2D eigenvalue weighted by Crippen LogP contribution is -2.26. The monoisotopic (exact) mass is 256 g/mol. The summed E-state index contributed by atoms with van der Waals surface area (Å²) in [5, 5.41) is 2.85. The maximum absolute atomic E-state index is 11.4. The van der Waals surface area contributed by atoms with Crippen molar-refractivity contribution in [3.05, 3.63) is 35.4 Å². The molecule has 3 nitrogen and oxygen atoms in total. The van der Waals surface area contributed by atoms with Crippen LogP contribution in [0.1, 0.15) is 24.0 Å². The van der Waals surface area contributed by atoms with Crippen LogP contribution in [0.2, 0.25) is 0 Å². The minimum absolute atomic E-state index is 0. The Bertz CT molecular complexity index is 342. The number of rotatable bonds is 6. The number of aryl methyl sites for hydroxylation is 2. The van der Waals surface area contributed by atoms with E-state index in [1.54, 1.807) is 0 Å². The largest absolute Gasteiger partial charge is 0.356 e. The number of halogens is 1. The fourth-order valence-corrected chi connectivity index (χ4v) is 1.54. The van der Waals surface area contributed by atoms with Crippen LogP contribution < -0.4 is 11.1 Å². The SMILES string of the molecule is Cc1cccc(CCC(=O)NCCCN)c1.Cl. The highest BCUT2D eigenvalue weighted by atomic mass is 35.5. The molecule has 96 valence electrons. The van der Waals surface area contributed by atoms with E-state index in [4.69, 9.17) is 5.73 Å². The van der Waals surface area contributed by atoms with Crippen molar-refractivity contribution in [2.24, 2.45) is 5.73 Å². The Morgan fingerprint density at radius 2 is 2.18 bits per heavy atom. The molecule has 0 aromatic heterocycles. The predicted octanol–water partition coefficient (Wildman–Crippen LogP) is 1.81. The van der Waals surface area contributed by atoms with Gasteiger partial charge in [0.2, 0.25) is 5.91 Å². The average Bonchev–Trinajstić information content (AvgIpc) is 2.27. The topological polar surface area (TPSA) is 55.1 Å². The molecule has 0 radical (unpaired) electrons. The standard InChI is InChI=1S/C13H20N2O.ClH/c1-11-4-2-5-12(10-11)6-7-13(16)15-9-3-8-14;/h2,4-5,10H,3,6-9,14H2,1H3,(H,15,16);1H. The highest BCUT2D eigenvalue weighted by molar-refractivity contribution is 5.85. The number of amides is 1. The summed E-state index contributed by atoms with van der Waals surface area (Å²) >= 11 is 0. The van der Waals surface area contributed by atoms with E-state index in [1.165, 1.54) is 11.1 Å². The molecule has 1 rings (SSSR count). The normalized spacial score (nSPS) is 9.53. The van der Waals surface area contributed by atoms with E-state index in [2.05, 4.69) is 30.4 Å². The second-order valence-corrected chi connectivity index (χ2v) is 3.98. The zero-order valence-electron chi connectivity index (χ0n) is 10.2. The van der Waals surface area contributed by atoms with Crippen LogP contribution in [0, 0.1) is 6.92 Å². The first-order valence-corrected chi connectivity index (χ1v) is 5.74. The molecule has 0 heterocycles. The molecule has 1 amide bonds. The summed E-state index contributed by atoms with van der Waals surface area (Å²) in [6.07, 6.45) is 2.19. The number of hydrogen-bond acceptors (Lipinski definition) is 2. The molecule has 17 heavy (non-hydrogen) atoms. The Morgan fingerprint density at radius 1 is 1.41 bits per heavy atom. The first kappa shape index (κ1) is 15.9. The van der Waals surface area contributed by atoms with E-state index in [9.17, 15) is 4.79 Å². The highest BCUT2D eigenvalue weighted by Crippen LogP contribution is 2.06. The molecular weight excluding hydrogens is 236 g/mol. The van der Waals surface area contributed by atoms with Gasteiger partial charge in [-0.25, -0.2) is 0 Å². The van der Waals surface area contributed by atoms with Crippen LogP contribution in [0.5, 0.6) is 0 Å². The van der Waals surface area contributed by atoms with Gasteiger partial charge in [-0.1, -0.05) is 29.8 Å². The molecule has 0 aliphatic carbocycles. The molecule has 0 atom stereocenters. The zero-order valence-corrected chi connectivity index (χ0v) is 11.1. The van der Waals surface area contributed by atoms with Crippen LogP contribution in [-0.2, 0) is 11.2 Å². The first-order chi connectivity index (χ1) is 7.72. The molecule has 0 spiro atoms. The van der Waals surface area contributed by atoms with Crippen molar-refractivity contribution in [3.8, 4) is 0 Å². The van der Waals surface area contributed by atoms with Gasteiger partial charge in [-0.3, -0.25) is 4.79 Å². The van der Waals surface area contributed by atoms with Gasteiger partial charge in [-0.2, -0.15) is 0 Å². The highest BCUT2D eigenvalue weighted by Gasteiger charge is 2.01. The van der Waals surface area contributed by atoms with Gasteiger partial charge in [0.05, 0.1) is 0 Å². The molecule has 4 heteroatoms. The fourth-order valence-electron chi connectivity index (χ4n) is 1.54. The lowest BCUT2D eigenvalue weighted by Gasteiger charge is -2.04. The predicted molar refractivity (Wildman–Crippen MR) is 73.4 cm³/mol. The molecule has 1 aromatic rings. The van der Waals surface area contributed by atoms with E-state index in [0.29, 0.717) is 19.5 Å². The average molecular weight is 257 g/mol. The van der Waals surface area contributed by atoms with Gasteiger partial charge in [0.1, 0.15) is 0 Å². The number of carbonyl (C=O) groups excluding carboxylic acids is 1. The molecule has 0 saturated heterocycles. The van der Waals surface area contributed by atoms with Gasteiger partial charge in [0.25, 0.3) is 0 Å². The van der Waals surface area contributed by atoms with Crippen molar-refractivity contribution in [1.82, 2.24) is 5.32 Å². The van der Waals surface area contributed by atoms with Gasteiger partial charge < -0.3 is 11.1 Å². The lowest BCUT2D eigenvalue weighted by molar-refractivity contribution is -0.121. The summed E-state index contributed by atoms with van der Waals surface area (Å²) in [6, 6.07) is 8.26. The summed E-state index contributed by atoms with van der Waals surface area (Å²) in [5.74, 6) is 0.106. The van der Waals surface area contributed by atoms with E-state index in [-0.39, 0.29) is 18.3 Å². The first-order valence-electron chi connectivity index (χ1n) is 5.74. The fraction of sp³-hybridized carbons (Fsp3) is 0.462. The number of carbonyl (C=O) groups is 1. The number of nitrogens with two attached hydrogens (primary N) is 1. The van der Waals surface area contributed by atoms with Gasteiger partial charge in [-0.05, 0) is 31.9 Å². The van der Waals surface area contributed by atoms with Crippen molar-refractivity contribution in [3.63, 3.8) is 0 Å². The van der Waals surface area contributed by atoms with Crippen LogP contribution in [0.25, 0.3) is 0 Å². The maximum atomic E-state index is 11.4. The van der Waals surface area contributed by atoms with Crippen molar-refractivity contribution >= 4 is 18.3 Å². The van der Waals surface area contributed by atoms with Crippen LogP contribution in [0.3, 0.4) is 0 Å². The second-order valence-electron chi connectivity index (χ2n) is 3.98. The Labute approximate surface area is 109 Å². The minimum atomic E-state index is 0. The molecule has 0 fully saturated rings. The Hall–Kier alpha value is -1.06. The smallest absolute Gasteiger partial charge is 0.220 e. The Kier molecular flexibility index (Phi) is 8.46. The van der Waals surface area contributed by atoms with Crippen LogP contribution in [0.15, 0.2) is 24.3 Å². The van der Waals surface area contributed by atoms with Gasteiger partial charge in [0, 0.05) is 13.0 Å². The second kappa shape index (κ2) is 9.02. The number of hydrogen-bond donors (Lipinski definition) is 2. The summed E-state index contributed by atoms with van der Waals surface area (Å²) in [6.45, 7) is 3.37. The third-order valence-corrected chi connectivity index (χ3v) is 2.43. The molecule has 0 bridgehead atoms. The van der Waals surface area contributed by atoms with E-state index < -0.39 is 0 Å². The number of benzene rings is 1. The van der Waals surface area contributed by atoms with Crippen LogP contribution >= 0.6 is 12.4 Å². The number of nitrogens with one attached hydrogen (secondary N) is 1. The third kappa shape index (κ3) is 6.97. The van der Waals surface area contributed by atoms with E-state index in [1.807, 2.05) is 6.07 Å². The molecule has 0 aliphatic heterocycles. The van der Waals surface area contributed by atoms with Crippen molar-refractivity contribution in [2.45, 2.75) is 26.2 Å². The molecule has 0 saturated carbocycles. The summed E-state index contributed by atoms with van der Waals surface area (Å²) < 4.78 is 0. The summed E-state index contributed by atoms with van der Waals surface area (Å²) in [7, 11) is 0. The quantitative estimate of drug-likeness (QED) is 0.763. The summed E-state index contributed by atoms with van der Waals surface area (Å²) in [4.78, 5) is 11.4. The van der Waals surface area contributed by atoms with E-state index in [0.717, 1.165) is 12.8 Å². The van der Waals surface area contributed by atoms with Gasteiger partial charge in [-0.15, -0.1) is 12.4 Å². The van der Waals surface area contributed by atoms with E-state index >= 15 is 0 Å². The molecule has 3 N–H and O–H groups in total. The molecule has 0 unspecified atom stereocenters. The Balaban J connectivity index is 0.00000256. The maximum Gasteiger partial charge on any atom is 0.220 e.